The van der Waals surface area contributed by atoms with Gasteiger partial charge in [0.25, 0.3) is 0 Å². The highest BCUT2D eigenvalue weighted by Crippen LogP contribution is 2.24. The number of ether oxygens (including phenoxy) is 1. The summed E-state index contributed by atoms with van der Waals surface area (Å²) in [6.45, 7) is 0.482. The number of carbonyl (C=O) groups excluding carboxylic acids is 2. The molecule has 1 aliphatic heterocycles. The minimum Gasteiger partial charge on any atom is -0.457 e. The zero-order chi connectivity index (χ0) is 19.2. The van der Waals surface area contributed by atoms with Gasteiger partial charge in [0.05, 0.1) is 12.6 Å². The average Bonchev–Trinajstić information content (AvgIpc) is 3.13. The fourth-order valence-electron chi connectivity index (χ4n) is 2.81. The van der Waals surface area contributed by atoms with Crippen molar-refractivity contribution >= 4 is 29.1 Å². The number of anilines is 1. The van der Waals surface area contributed by atoms with Crippen LogP contribution in [0.15, 0.2) is 48.5 Å². The van der Waals surface area contributed by atoms with Crippen LogP contribution >= 0.6 is 11.6 Å². The SMILES string of the molecule is NCC(=O)N[C@@H]1CN[C@@H](C(=O)Nc2ccc(Oc3ccc(Cl)cc3)cc2)C1. The molecule has 2 amide bonds. The van der Waals surface area contributed by atoms with E-state index in [1.165, 1.54) is 0 Å². The molecule has 8 heteroatoms. The monoisotopic (exact) mass is 388 g/mol. The van der Waals surface area contributed by atoms with E-state index < -0.39 is 0 Å². The normalized spacial score (nSPS) is 18.7. The number of hydrogen-bond donors (Lipinski definition) is 4. The van der Waals surface area contributed by atoms with Crippen LogP contribution < -0.4 is 26.4 Å². The second-order valence-electron chi connectivity index (χ2n) is 6.23. The quantitative estimate of drug-likeness (QED) is 0.604. The second-order valence-corrected chi connectivity index (χ2v) is 6.67. The van der Waals surface area contributed by atoms with E-state index in [-0.39, 0.29) is 30.4 Å². The lowest BCUT2D eigenvalue weighted by Crippen LogP contribution is -2.39. The van der Waals surface area contributed by atoms with Crippen LogP contribution in [0.5, 0.6) is 11.5 Å². The van der Waals surface area contributed by atoms with Gasteiger partial charge in [-0.2, -0.15) is 0 Å². The lowest BCUT2D eigenvalue weighted by molar-refractivity contribution is -0.121. The molecule has 0 saturated carbocycles. The Morgan fingerprint density at radius 1 is 1.11 bits per heavy atom. The number of nitrogens with two attached hydrogens (primary N) is 1. The molecule has 0 aliphatic carbocycles. The minimum atomic E-state index is -0.363. The molecule has 1 aliphatic rings. The first-order chi connectivity index (χ1) is 13.0. The molecular weight excluding hydrogens is 368 g/mol. The van der Waals surface area contributed by atoms with Gasteiger partial charge in [-0.15, -0.1) is 0 Å². The van der Waals surface area contributed by atoms with E-state index in [0.717, 1.165) is 0 Å². The molecule has 2 atom stereocenters. The van der Waals surface area contributed by atoms with Crippen molar-refractivity contribution in [3.05, 3.63) is 53.6 Å². The Morgan fingerprint density at radius 2 is 1.74 bits per heavy atom. The first kappa shape index (κ1) is 19.2. The first-order valence-corrected chi connectivity index (χ1v) is 8.98. The number of hydrogen-bond acceptors (Lipinski definition) is 5. The van der Waals surface area contributed by atoms with Crippen molar-refractivity contribution in [2.45, 2.75) is 18.5 Å². The minimum absolute atomic E-state index is 0.0577. The molecule has 1 saturated heterocycles. The number of halogens is 1. The molecule has 1 heterocycles. The molecule has 2 aromatic rings. The number of carbonyl (C=O) groups is 2. The molecule has 2 aromatic carbocycles. The second kappa shape index (κ2) is 8.85. The van der Waals surface area contributed by atoms with Crippen LogP contribution in [0.3, 0.4) is 0 Å². The number of nitrogens with one attached hydrogen (secondary N) is 3. The van der Waals surface area contributed by atoms with Gasteiger partial charge < -0.3 is 26.4 Å². The van der Waals surface area contributed by atoms with Gasteiger partial charge in [0.15, 0.2) is 0 Å². The summed E-state index contributed by atoms with van der Waals surface area (Å²) in [6, 6.07) is 13.7. The molecule has 7 nitrogen and oxygen atoms in total. The number of rotatable bonds is 6. The van der Waals surface area contributed by atoms with Gasteiger partial charge in [-0.1, -0.05) is 11.6 Å². The van der Waals surface area contributed by atoms with Crippen molar-refractivity contribution in [3.63, 3.8) is 0 Å². The highest BCUT2D eigenvalue weighted by molar-refractivity contribution is 6.30. The highest BCUT2D eigenvalue weighted by atomic mass is 35.5. The largest absolute Gasteiger partial charge is 0.457 e. The predicted octanol–water partition coefficient (Wildman–Crippen LogP) is 1.88. The summed E-state index contributed by atoms with van der Waals surface area (Å²) in [6.07, 6.45) is 0.523. The molecular formula is C19H21ClN4O3. The van der Waals surface area contributed by atoms with Gasteiger partial charge in [0, 0.05) is 23.3 Å². The van der Waals surface area contributed by atoms with Crippen LogP contribution in [-0.2, 0) is 9.59 Å². The first-order valence-electron chi connectivity index (χ1n) is 8.60. The maximum atomic E-state index is 12.4. The predicted molar refractivity (Wildman–Crippen MR) is 104 cm³/mol. The lowest BCUT2D eigenvalue weighted by atomic mass is 10.1. The molecule has 1 fully saturated rings. The molecule has 0 bridgehead atoms. The summed E-state index contributed by atoms with van der Waals surface area (Å²) >= 11 is 5.85. The maximum Gasteiger partial charge on any atom is 0.241 e. The molecule has 0 spiro atoms. The number of benzene rings is 2. The van der Waals surface area contributed by atoms with Gasteiger partial charge in [0.1, 0.15) is 11.5 Å². The van der Waals surface area contributed by atoms with Crippen LogP contribution in [0.1, 0.15) is 6.42 Å². The molecule has 3 rings (SSSR count). The average molecular weight is 389 g/mol. The zero-order valence-corrected chi connectivity index (χ0v) is 15.3. The van der Waals surface area contributed by atoms with Gasteiger partial charge in [-0.3, -0.25) is 9.59 Å². The number of amides is 2. The highest BCUT2D eigenvalue weighted by Gasteiger charge is 2.30. The Labute approximate surface area is 162 Å². The van der Waals surface area contributed by atoms with Crippen LogP contribution in [0.2, 0.25) is 5.02 Å². The standard InChI is InChI=1S/C19H21ClN4O3/c20-12-1-5-15(6-2-12)27-16-7-3-13(4-8-16)24-19(26)17-9-14(11-22-17)23-18(25)10-21/h1-8,14,17,22H,9-11,21H2,(H,23,25)(H,24,26)/t14-,17+/m0/s1. The van der Waals surface area contributed by atoms with Gasteiger partial charge >= 0.3 is 0 Å². The van der Waals surface area contributed by atoms with Crippen LogP contribution in [0.25, 0.3) is 0 Å². The summed E-state index contributed by atoms with van der Waals surface area (Å²) in [4.78, 5) is 23.7. The summed E-state index contributed by atoms with van der Waals surface area (Å²) in [7, 11) is 0. The molecule has 142 valence electrons. The molecule has 27 heavy (non-hydrogen) atoms. The van der Waals surface area contributed by atoms with Crippen molar-refractivity contribution in [2.24, 2.45) is 5.73 Å². The van der Waals surface area contributed by atoms with Gasteiger partial charge in [-0.25, -0.2) is 0 Å². The topological polar surface area (TPSA) is 105 Å². The molecule has 0 aromatic heterocycles. The van der Waals surface area contributed by atoms with E-state index in [1.54, 1.807) is 48.5 Å². The molecule has 0 unspecified atom stereocenters. The fourth-order valence-corrected chi connectivity index (χ4v) is 2.93. The smallest absolute Gasteiger partial charge is 0.241 e. The van der Waals surface area contributed by atoms with Gasteiger partial charge in [0.2, 0.25) is 11.8 Å². The van der Waals surface area contributed by atoms with Crippen LogP contribution in [0, 0.1) is 0 Å². The third-order valence-electron chi connectivity index (χ3n) is 4.17. The Bertz CT molecular complexity index is 796. The van der Waals surface area contributed by atoms with Crippen LogP contribution in [-0.4, -0.2) is 37.0 Å². The summed E-state index contributed by atoms with van der Waals surface area (Å²) in [5, 5.41) is 9.38. The fraction of sp³-hybridized carbons (Fsp3) is 0.263. The summed E-state index contributed by atoms with van der Waals surface area (Å²) in [5.74, 6) is 0.959. The van der Waals surface area contributed by atoms with Crippen molar-refractivity contribution in [2.75, 3.05) is 18.4 Å². The van der Waals surface area contributed by atoms with E-state index >= 15 is 0 Å². The van der Waals surface area contributed by atoms with Gasteiger partial charge in [-0.05, 0) is 55.0 Å². The lowest BCUT2D eigenvalue weighted by Gasteiger charge is -2.13. The Balaban J connectivity index is 1.51. The van der Waals surface area contributed by atoms with Crippen molar-refractivity contribution in [1.82, 2.24) is 10.6 Å². The zero-order valence-electron chi connectivity index (χ0n) is 14.6. The van der Waals surface area contributed by atoms with Crippen LogP contribution in [0.4, 0.5) is 5.69 Å². The van der Waals surface area contributed by atoms with E-state index in [4.69, 9.17) is 22.1 Å². The maximum absolute atomic E-state index is 12.4. The Morgan fingerprint density at radius 3 is 2.37 bits per heavy atom. The Kier molecular flexibility index (Phi) is 6.28. The molecule has 5 N–H and O–H groups in total. The van der Waals surface area contributed by atoms with Crippen molar-refractivity contribution in [3.8, 4) is 11.5 Å². The summed E-state index contributed by atoms with van der Waals surface area (Å²) < 4.78 is 5.72. The van der Waals surface area contributed by atoms with E-state index in [1.807, 2.05) is 0 Å². The van der Waals surface area contributed by atoms with Crippen molar-refractivity contribution < 1.29 is 14.3 Å². The summed E-state index contributed by atoms with van der Waals surface area (Å²) in [5.41, 5.74) is 5.95. The third-order valence-corrected chi connectivity index (χ3v) is 4.42. The van der Waals surface area contributed by atoms with Crippen molar-refractivity contribution in [1.29, 1.82) is 0 Å². The molecule has 0 radical (unpaired) electrons. The third kappa shape index (κ3) is 5.43. The van der Waals surface area contributed by atoms with E-state index in [2.05, 4.69) is 16.0 Å². The van der Waals surface area contributed by atoms with E-state index in [9.17, 15) is 9.59 Å². The Hall–Kier alpha value is -2.61. The van der Waals surface area contributed by atoms with E-state index in [0.29, 0.717) is 35.2 Å².